The Morgan fingerprint density at radius 3 is 1.56 bits per heavy atom. The number of rotatable bonds is 3. The summed E-state index contributed by atoms with van der Waals surface area (Å²) < 4.78 is 65.1. The molecule has 0 saturated heterocycles. The molecule has 0 aliphatic heterocycles. The number of aliphatic hydroxyl groups is 1. The van der Waals surface area contributed by atoms with Crippen molar-refractivity contribution in [3.63, 3.8) is 0 Å². The summed E-state index contributed by atoms with van der Waals surface area (Å²) in [5.41, 5.74) is -2.55. The molecule has 0 fully saturated rings. The molecule has 0 spiro atoms. The predicted molar refractivity (Wildman–Crippen MR) is 55.6 cm³/mol. The summed E-state index contributed by atoms with van der Waals surface area (Å²) in [6, 6.07) is -0.925. The van der Waals surface area contributed by atoms with Gasteiger partial charge in [0.25, 0.3) is 0 Å². The molecule has 18 heavy (non-hydrogen) atoms. The number of anilines is 1. The number of hydrogen-bond acceptors (Lipinski definition) is 2. The molecule has 0 saturated carbocycles. The molecule has 7 heteroatoms. The van der Waals surface area contributed by atoms with Crippen LogP contribution in [-0.4, -0.2) is 16.7 Å². The molecule has 0 radical (unpaired) electrons. The average molecular weight is 269 g/mol. The van der Waals surface area contributed by atoms with Crippen molar-refractivity contribution >= 4 is 5.69 Å². The molecular formula is C11H12F5NO. The predicted octanol–water partition coefficient (Wildman–Crippen LogP) is 2.95. The molecule has 2 nitrogen and oxygen atoms in total. The van der Waals surface area contributed by atoms with E-state index in [2.05, 4.69) is 5.32 Å². The molecule has 0 amide bonds. The third-order valence-corrected chi connectivity index (χ3v) is 2.63. The molecule has 0 aromatic heterocycles. The standard InChI is InChI=1S/C11H12F5NO/c1-4(11(2,3)18)17-10-8(15)6(13)5(12)7(14)9(10)16/h4,17-18H,1-3H3. The number of hydrogen-bond donors (Lipinski definition) is 2. The minimum Gasteiger partial charge on any atom is -0.388 e. The zero-order chi connectivity index (χ0) is 14.2. The summed E-state index contributed by atoms with van der Waals surface area (Å²) in [5, 5.41) is 11.6. The van der Waals surface area contributed by atoms with Gasteiger partial charge in [0.15, 0.2) is 23.3 Å². The topological polar surface area (TPSA) is 32.3 Å². The van der Waals surface area contributed by atoms with Gasteiger partial charge in [-0.05, 0) is 20.8 Å². The van der Waals surface area contributed by atoms with Gasteiger partial charge in [0.05, 0.1) is 11.6 Å². The van der Waals surface area contributed by atoms with Crippen molar-refractivity contribution < 1.29 is 27.1 Å². The number of halogens is 5. The summed E-state index contributed by atoms with van der Waals surface area (Å²) in [4.78, 5) is 0. The third-order valence-electron chi connectivity index (χ3n) is 2.63. The van der Waals surface area contributed by atoms with E-state index in [1.54, 1.807) is 0 Å². The smallest absolute Gasteiger partial charge is 0.200 e. The fourth-order valence-corrected chi connectivity index (χ4v) is 1.12. The van der Waals surface area contributed by atoms with Gasteiger partial charge in [0, 0.05) is 0 Å². The first-order chi connectivity index (χ1) is 8.07. The Kier molecular flexibility index (Phi) is 3.85. The highest BCUT2D eigenvalue weighted by Crippen LogP contribution is 2.28. The quantitative estimate of drug-likeness (QED) is 0.502. The van der Waals surface area contributed by atoms with E-state index in [-0.39, 0.29) is 0 Å². The molecule has 0 aliphatic carbocycles. The van der Waals surface area contributed by atoms with Gasteiger partial charge in [0.2, 0.25) is 5.82 Å². The highest BCUT2D eigenvalue weighted by molar-refractivity contribution is 5.48. The maximum absolute atomic E-state index is 13.3. The van der Waals surface area contributed by atoms with E-state index >= 15 is 0 Å². The van der Waals surface area contributed by atoms with Crippen LogP contribution >= 0.6 is 0 Å². The van der Waals surface area contributed by atoms with Crippen LogP contribution in [-0.2, 0) is 0 Å². The first kappa shape index (κ1) is 14.7. The molecule has 0 aliphatic rings. The fourth-order valence-electron chi connectivity index (χ4n) is 1.12. The van der Waals surface area contributed by atoms with Crippen LogP contribution in [0.15, 0.2) is 0 Å². The maximum Gasteiger partial charge on any atom is 0.200 e. The Morgan fingerprint density at radius 1 is 0.889 bits per heavy atom. The van der Waals surface area contributed by atoms with Gasteiger partial charge in [-0.25, -0.2) is 22.0 Å². The van der Waals surface area contributed by atoms with Crippen LogP contribution in [0.3, 0.4) is 0 Å². The van der Waals surface area contributed by atoms with Crippen molar-refractivity contribution in [1.82, 2.24) is 0 Å². The second-order valence-corrected chi connectivity index (χ2v) is 4.46. The molecule has 1 aromatic rings. The summed E-state index contributed by atoms with van der Waals surface area (Å²) >= 11 is 0. The van der Waals surface area contributed by atoms with E-state index < -0.39 is 46.4 Å². The van der Waals surface area contributed by atoms with E-state index in [4.69, 9.17) is 0 Å². The second-order valence-electron chi connectivity index (χ2n) is 4.46. The third kappa shape index (κ3) is 2.55. The van der Waals surface area contributed by atoms with Crippen molar-refractivity contribution in [2.24, 2.45) is 0 Å². The highest BCUT2D eigenvalue weighted by Gasteiger charge is 2.29. The molecule has 1 rings (SSSR count). The molecule has 1 atom stereocenters. The lowest BCUT2D eigenvalue weighted by molar-refractivity contribution is 0.0646. The monoisotopic (exact) mass is 269 g/mol. The van der Waals surface area contributed by atoms with Gasteiger partial charge in [-0.1, -0.05) is 0 Å². The Labute approximate surface area is 100 Å². The van der Waals surface area contributed by atoms with Crippen LogP contribution in [0.5, 0.6) is 0 Å². The normalized spacial score (nSPS) is 13.6. The first-order valence-corrected chi connectivity index (χ1v) is 5.07. The Balaban J connectivity index is 3.26. The molecule has 0 heterocycles. The van der Waals surface area contributed by atoms with Crippen molar-refractivity contribution in [2.45, 2.75) is 32.4 Å². The Bertz CT molecular complexity index is 440. The van der Waals surface area contributed by atoms with Crippen LogP contribution in [0.2, 0.25) is 0 Å². The van der Waals surface area contributed by atoms with Crippen molar-refractivity contribution in [2.75, 3.05) is 5.32 Å². The molecule has 1 unspecified atom stereocenters. The summed E-state index contributed by atoms with van der Waals surface area (Å²) in [7, 11) is 0. The molecule has 102 valence electrons. The van der Waals surface area contributed by atoms with Crippen LogP contribution in [0.4, 0.5) is 27.6 Å². The van der Waals surface area contributed by atoms with E-state index in [1.807, 2.05) is 0 Å². The largest absolute Gasteiger partial charge is 0.388 e. The van der Waals surface area contributed by atoms with Gasteiger partial charge in [-0.15, -0.1) is 0 Å². The molecular weight excluding hydrogens is 257 g/mol. The Morgan fingerprint density at radius 2 is 1.22 bits per heavy atom. The molecule has 0 bridgehead atoms. The number of nitrogens with one attached hydrogen (secondary N) is 1. The minimum atomic E-state index is -2.22. The summed E-state index contributed by atoms with van der Waals surface area (Å²) in [6.07, 6.45) is 0. The van der Waals surface area contributed by atoms with Gasteiger partial charge in [-0.3, -0.25) is 0 Å². The Hall–Kier alpha value is -1.37. The van der Waals surface area contributed by atoms with Gasteiger partial charge < -0.3 is 10.4 Å². The lowest BCUT2D eigenvalue weighted by Gasteiger charge is -2.28. The van der Waals surface area contributed by atoms with E-state index in [0.29, 0.717) is 0 Å². The fraction of sp³-hybridized carbons (Fsp3) is 0.455. The SMILES string of the molecule is CC(Nc1c(F)c(F)c(F)c(F)c1F)C(C)(C)O. The van der Waals surface area contributed by atoms with Crippen LogP contribution in [0.25, 0.3) is 0 Å². The number of benzene rings is 1. The van der Waals surface area contributed by atoms with Gasteiger partial charge >= 0.3 is 0 Å². The molecule has 2 N–H and O–H groups in total. The average Bonchev–Trinajstić information content (AvgIpc) is 2.28. The maximum atomic E-state index is 13.3. The first-order valence-electron chi connectivity index (χ1n) is 5.07. The zero-order valence-corrected chi connectivity index (χ0v) is 9.91. The van der Waals surface area contributed by atoms with Crippen LogP contribution < -0.4 is 5.32 Å². The van der Waals surface area contributed by atoms with Crippen molar-refractivity contribution in [1.29, 1.82) is 0 Å². The van der Waals surface area contributed by atoms with E-state index in [0.717, 1.165) is 0 Å². The van der Waals surface area contributed by atoms with Crippen molar-refractivity contribution in [3.8, 4) is 0 Å². The lowest BCUT2D eigenvalue weighted by atomic mass is 10.0. The minimum absolute atomic E-state index is 0.925. The molecule has 1 aromatic carbocycles. The lowest BCUT2D eigenvalue weighted by Crippen LogP contribution is -2.40. The van der Waals surface area contributed by atoms with Crippen LogP contribution in [0.1, 0.15) is 20.8 Å². The van der Waals surface area contributed by atoms with Crippen LogP contribution in [0, 0.1) is 29.1 Å². The highest BCUT2D eigenvalue weighted by atomic mass is 19.2. The van der Waals surface area contributed by atoms with E-state index in [1.165, 1.54) is 20.8 Å². The van der Waals surface area contributed by atoms with Gasteiger partial charge in [-0.2, -0.15) is 0 Å². The van der Waals surface area contributed by atoms with Crippen molar-refractivity contribution in [3.05, 3.63) is 29.1 Å². The summed E-state index contributed by atoms with van der Waals surface area (Å²) in [5.74, 6) is -10.2. The summed E-state index contributed by atoms with van der Waals surface area (Å²) in [6.45, 7) is 4.01. The van der Waals surface area contributed by atoms with Gasteiger partial charge in [0.1, 0.15) is 5.69 Å². The zero-order valence-electron chi connectivity index (χ0n) is 9.91. The van der Waals surface area contributed by atoms with E-state index in [9.17, 15) is 27.1 Å². The second kappa shape index (κ2) is 4.72.